The molecule has 0 spiro atoms. The molecular weight excluding hydrogens is 302 g/mol. The largest absolute Gasteiger partial charge is 0.333 e. The van der Waals surface area contributed by atoms with Crippen LogP contribution in [0.5, 0.6) is 0 Å². The van der Waals surface area contributed by atoms with Gasteiger partial charge in [0, 0.05) is 38.1 Å². The smallest absolute Gasteiger partial charge is 0.276 e. The van der Waals surface area contributed by atoms with E-state index in [4.69, 9.17) is 11.6 Å². The number of hydrogen-bond donors (Lipinski definition) is 0. The first-order chi connectivity index (χ1) is 10.6. The van der Waals surface area contributed by atoms with Crippen LogP contribution in [0.15, 0.2) is 18.5 Å². The molecule has 0 radical (unpaired) electrons. The summed E-state index contributed by atoms with van der Waals surface area (Å²) in [5.41, 5.74) is 0.847. The molecule has 7 heteroatoms. The third-order valence-electron chi connectivity index (χ3n) is 4.77. The van der Waals surface area contributed by atoms with Crippen molar-refractivity contribution < 1.29 is 4.79 Å². The summed E-state index contributed by atoms with van der Waals surface area (Å²) in [5, 5.41) is 4.68. The number of amides is 1. The van der Waals surface area contributed by atoms with Crippen molar-refractivity contribution in [2.75, 3.05) is 26.7 Å². The van der Waals surface area contributed by atoms with Gasteiger partial charge >= 0.3 is 0 Å². The molecule has 116 valence electrons. The van der Waals surface area contributed by atoms with Crippen LogP contribution in [0.25, 0.3) is 5.65 Å². The van der Waals surface area contributed by atoms with Gasteiger partial charge in [0.15, 0.2) is 11.3 Å². The fourth-order valence-corrected chi connectivity index (χ4v) is 4.03. The molecule has 2 aliphatic rings. The molecule has 0 aliphatic carbocycles. The summed E-state index contributed by atoms with van der Waals surface area (Å²) in [6.07, 6.45) is 5.65. The molecule has 2 aliphatic heterocycles. The van der Waals surface area contributed by atoms with Crippen LogP contribution in [0.1, 0.15) is 23.3 Å². The van der Waals surface area contributed by atoms with Gasteiger partial charge in [-0.2, -0.15) is 5.10 Å². The van der Waals surface area contributed by atoms with Crippen molar-refractivity contribution in [3.63, 3.8) is 0 Å². The van der Waals surface area contributed by atoms with Crippen LogP contribution in [-0.4, -0.2) is 63.0 Å². The van der Waals surface area contributed by atoms with Crippen LogP contribution in [0.2, 0.25) is 5.02 Å². The highest BCUT2D eigenvalue weighted by Crippen LogP contribution is 2.32. The number of rotatable bonds is 1. The van der Waals surface area contributed by atoms with Crippen molar-refractivity contribution in [3.8, 4) is 0 Å². The SMILES string of the molecule is CN1C[C@@H]2CCCN(C(=O)c3nn4cccnc4c3Cl)[C@@H]2C1. The Kier molecular flexibility index (Phi) is 3.31. The summed E-state index contributed by atoms with van der Waals surface area (Å²) in [5.74, 6) is 0.497. The fourth-order valence-electron chi connectivity index (χ4n) is 3.78. The number of likely N-dealkylation sites (N-methyl/N-ethyl adjacent to an activating group) is 1. The lowest BCUT2D eigenvalue weighted by Gasteiger charge is -2.36. The van der Waals surface area contributed by atoms with E-state index < -0.39 is 0 Å². The number of carbonyl (C=O) groups excluding carboxylic acids is 1. The second-order valence-corrected chi connectivity index (χ2v) is 6.62. The van der Waals surface area contributed by atoms with E-state index in [9.17, 15) is 4.79 Å². The molecule has 1 amide bonds. The minimum atomic E-state index is -0.0690. The summed E-state index contributed by atoms with van der Waals surface area (Å²) in [6.45, 7) is 2.78. The van der Waals surface area contributed by atoms with Gasteiger partial charge in [0.25, 0.3) is 5.91 Å². The van der Waals surface area contributed by atoms with Crippen LogP contribution in [-0.2, 0) is 0 Å². The molecule has 0 unspecified atom stereocenters. The zero-order valence-electron chi connectivity index (χ0n) is 12.4. The van der Waals surface area contributed by atoms with Gasteiger partial charge in [-0.1, -0.05) is 11.6 Å². The molecule has 0 aromatic carbocycles. The van der Waals surface area contributed by atoms with Crippen LogP contribution in [0, 0.1) is 5.92 Å². The minimum absolute atomic E-state index is 0.0690. The lowest BCUT2D eigenvalue weighted by molar-refractivity contribution is 0.0565. The first-order valence-corrected chi connectivity index (χ1v) is 8.01. The van der Waals surface area contributed by atoms with Crippen LogP contribution < -0.4 is 0 Å². The number of halogens is 1. The van der Waals surface area contributed by atoms with Crippen molar-refractivity contribution in [3.05, 3.63) is 29.2 Å². The Morgan fingerprint density at radius 1 is 1.41 bits per heavy atom. The number of fused-ring (bicyclic) bond motifs is 2. The van der Waals surface area contributed by atoms with E-state index in [1.54, 1.807) is 23.0 Å². The molecule has 0 saturated carbocycles. The quantitative estimate of drug-likeness (QED) is 0.800. The summed E-state index contributed by atoms with van der Waals surface area (Å²) in [7, 11) is 2.11. The Morgan fingerprint density at radius 3 is 3.09 bits per heavy atom. The van der Waals surface area contributed by atoms with Gasteiger partial charge in [0.1, 0.15) is 5.02 Å². The number of carbonyl (C=O) groups is 1. The van der Waals surface area contributed by atoms with Crippen LogP contribution in [0.3, 0.4) is 0 Å². The lowest BCUT2D eigenvalue weighted by atomic mass is 9.92. The normalized spacial score (nSPS) is 25.6. The molecule has 4 rings (SSSR count). The topological polar surface area (TPSA) is 53.7 Å². The van der Waals surface area contributed by atoms with Gasteiger partial charge in [-0.25, -0.2) is 9.50 Å². The standard InChI is InChI=1S/C15H18ClN5O/c1-19-8-10-4-2-6-20(11(10)9-19)15(22)13-12(16)14-17-5-3-7-21(14)18-13/h3,5,7,10-11H,2,4,6,8-9H2,1H3/t10-,11+/m0/s1. The number of aromatic nitrogens is 3. The molecule has 2 aromatic rings. The second kappa shape index (κ2) is 5.21. The van der Waals surface area contributed by atoms with E-state index in [1.165, 1.54) is 6.42 Å². The van der Waals surface area contributed by atoms with Gasteiger partial charge in [-0.05, 0) is 31.9 Å². The third kappa shape index (κ3) is 2.09. The zero-order chi connectivity index (χ0) is 15.3. The number of hydrogen-bond acceptors (Lipinski definition) is 4. The van der Waals surface area contributed by atoms with Crippen molar-refractivity contribution in [2.24, 2.45) is 5.92 Å². The second-order valence-electron chi connectivity index (χ2n) is 6.24. The molecule has 0 bridgehead atoms. The van der Waals surface area contributed by atoms with E-state index in [-0.39, 0.29) is 11.9 Å². The van der Waals surface area contributed by atoms with E-state index in [0.717, 1.165) is 26.1 Å². The minimum Gasteiger partial charge on any atom is -0.333 e. The Labute approximate surface area is 133 Å². The first-order valence-electron chi connectivity index (χ1n) is 7.63. The van der Waals surface area contributed by atoms with E-state index >= 15 is 0 Å². The zero-order valence-corrected chi connectivity index (χ0v) is 13.2. The summed E-state index contributed by atoms with van der Waals surface area (Å²) < 4.78 is 1.57. The number of piperidine rings is 1. The molecule has 22 heavy (non-hydrogen) atoms. The van der Waals surface area contributed by atoms with Crippen molar-refractivity contribution >= 4 is 23.2 Å². The number of likely N-dealkylation sites (tertiary alicyclic amines) is 2. The van der Waals surface area contributed by atoms with Gasteiger partial charge in [-0.15, -0.1) is 0 Å². The van der Waals surface area contributed by atoms with Gasteiger partial charge in [-0.3, -0.25) is 4.79 Å². The van der Waals surface area contributed by atoms with E-state index in [0.29, 0.717) is 22.3 Å². The number of nitrogens with zero attached hydrogens (tertiary/aromatic N) is 5. The molecule has 2 saturated heterocycles. The van der Waals surface area contributed by atoms with Gasteiger partial charge < -0.3 is 9.80 Å². The molecule has 0 N–H and O–H groups in total. The van der Waals surface area contributed by atoms with E-state index in [1.807, 2.05) is 4.90 Å². The Balaban J connectivity index is 1.69. The van der Waals surface area contributed by atoms with Crippen LogP contribution >= 0.6 is 11.6 Å². The molecule has 2 atom stereocenters. The highest BCUT2D eigenvalue weighted by atomic mass is 35.5. The van der Waals surface area contributed by atoms with Crippen molar-refractivity contribution in [1.29, 1.82) is 0 Å². The van der Waals surface area contributed by atoms with E-state index in [2.05, 4.69) is 22.0 Å². The third-order valence-corrected chi connectivity index (χ3v) is 5.11. The first kappa shape index (κ1) is 14.0. The van der Waals surface area contributed by atoms with Crippen LogP contribution in [0.4, 0.5) is 0 Å². The Hall–Kier alpha value is -1.66. The van der Waals surface area contributed by atoms with Crippen molar-refractivity contribution in [1.82, 2.24) is 24.4 Å². The Morgan fingerprint density at radius 2 is 2.27 bits per heavy atom. The maximum Gasteiger partial charge on any atom is 0.276 e. The molecular formula is C15H18ClN5O. The molecule has 2 aromatic heterocycles. The van der Waals surface area contributed by atoms with Gasteiger partial charge in [0.2, 0.25) is 0 Å². The molecule has 6 nitrogen and oxygen atoms in total. The molecule has 2 fully saturated rings. The fraction of sp³-hybridized carbons (Fsp3) is 0.533. The summed E-state index contributed by atoms with van der Waals surface area (Å²) in [6, 6.07) is 2.05. The predicted octanol–water partition coefficient (Wildman–Crippen LogP) is 1.55. The Bertz CT molecular complexity index is 730. The monoisotopic (exact) mass is 319 g/mol. The average molecular weight is 320 g/mol. The maximum absolute atomic E-state index is 13.0. The van der Waals surface area contributed by atoms with Crippen molar-refractivity contribution in [2.45, 2.75) is 18.9 Å². The molecule has 4 heterocycles. The average Bonchev–Trinajstić information content (AvgIpc) is 3.06. The summed E-state index contributed by atoms with van der Waals surface area (Å²) >= 11 is 6.34. The maximum atomic E-state index is 13.0. The van der Waals surface area contributed by atoms with Gasteiger partial charge in [0.05, 0.1) is 0 Å². The summed E-state index contributed by atoms with van der Waals surface area (Å²) in [4.78, 5) is 21.4. The highest BCUT2D eigenvalue weighted by molar-refractivity contribution is 6.36. The highest BCUT2D eigenvalue weighted by Gasteiger charge is 2.41. The lowest BCUT2D eigenvalue weighted by Crippen LogP contribution is -2.48. The predicted molar refractivity (Wildman–Crippen MR) is 83.0 cm³/mol.